The smallest absolute Gasteiger partial charge is 0.375 e. The van der Waals surface area contributed by atoms with Gasteiger partial charge in [0, 0.05) is 33.5 Å². The van der Waals surface area contributed by atoms with Gasteiger partial charge in [-0.1, -0.05) is 81.5 Å². The van der Waals surface area contributed by atoms with Crippen LogP contribution in [0.15, 0.2) is 93.2 Å². The van der Waals surface area contributed by atoms with Crippen LogP contribution in [0.5, 0.6) is 0 Å². The summed E-state index contributed by atoms with van der Waals surface area (Å²) >= 11 is 12.8. The van der Waals surface area contributed by atoms with Crippen LogP contribution >= 0.6 is 36.0 Å². The van der Waals surface area contributed by atoms with E-state index >= 15 is 0 Å². The van der Waals surface area contributed by atoms with Gasteiger partial charge < -0.3 is 33.3 Å². The van der Waals surface area contributed by atoms with Crippen molar-refractivity contribution < 1.29 is 62.0 Å². The van der Waals surface area contributed by atoms with Crippen molar-refractivity contribution >= 4 is 69.7 Å². The molecular formula is C56H61ClO13S2. The number of ether oxygens (including phenoxy) is 3. The van der Waals surface area contributed by atoms with Crippen LogP contribution in [-0.4, -0.2) is 90.2 Å². The molecule has 2 N–H and O–H groups in total. The van der Waals surface area contributed by atoms with Crippen molar-refractivity contribution in [2.75, 3.05) is 12.4 Å². The molecule has 16 atom stereocenters. The standard InChI is InChI=1S/C30H33ClO7S.C26H28O6S/c1-18-15-22-21-9-8-19-16-20(33)10-11-27(19,2)29(21,31)24(34)17-28(22,3)30(18,26(36)39-14-5-4-12-32)38-25(35)23-7-6-13-37-23;1-14-11-18-17-7-6-15-12-16(27)8-9-23(15,2)26(17)20(31-26)13-24(18,3)25(14,22(29)33)32-21(28)19-5-4-10-30-19/h6-7,10-11,13,16,18,21-22,24,32,34H,8-9,12,14-15,17H2,1-3H3;4-5,8-10,12,14,17-18,20H,6-7,11,13H2,1-3H3,(H,29,33)/t18-,21?,22?,24+,27+,28+,29+,30+;14-,17?,18?,20+,23+,24+,25+,26-/m11/s1. The summed E-state index contributed by atoms with van der Waals surface area (Å²) in [6.07, 6.45) is 17.2. The van der Waals surface area contributed by atoms with Gasteiger partial charge in [-0.2, -0.15) is 0 Å². The molecule has 2 aromatic rings. The van der Waals surface area contributed by atoms with Crippen molar-refractivity contribution in [3.05, 3.63) is 95.9 Å². The number of halogens is 1. The first-order valence-corrected chi connectivity index (χ1v) is 26.8. The van der Waals surface area contributed by atoms with Gasteiger partial charge in [0.15, 0.2) is 22.8 Å². The predicted octanol–water partition coefficient (Wildman–Crippen LogP) is 8.63. The molecule has 0 amide bonds. The fourth-order valence-corrected chi connectivity index (χ4v) is 18.4. The molecule has 0 bridgehead atoms. The molecule has 382 valence electrons. The molecule has 0 radical (unpaired) electrons. The first kappa shape index (κ1) is 51.1. The number of aliphatic hydroxyl groups excluding tert-OH is 2. The number of hydrogen-bond acceptors (Lipinski definition) is 14. The fourth-order valence-electron chi connectivity index (χ4n) is 16.4. The second-order valence-electron chi connectivity index (χ2n) is 22.5. The maximum absolute atomic E-state index is 14.1. The van der Waals surface area contributed by atoms with Gasteiger partial charge >= 0.3 is 11.9 Å². The third-order valence-corrected chi connectivity index (χ3v) is 21.8. The van der Waals surface area contributed by atoms with E-state index in [1.807, 2.05) is 39.8 Å². The summed E-state index contributed by atoms with van der Waals surface area (Å²) in [4.78, 5) is 76.8. The number of rotatable bonds is 7. The Morgan fingerprint density at radius 3 is 1.88 bits per heavy atom. The Balaban J connectivity index is 0.000000168. The number of thiol groups is 1. The lowest BCUT2D eigenvalue weighted by Gasteiger charge is -2.64. The number of allylic oxidation sites excluding steroid dienone is 6. The number of epoxide rings is 1. The van der Waals surface area contributed by atoms with Crippen LogP contribution in [0.1, 0.15) is 114 Å². The average molecular weight is 1040 g/mol. The van der Waals surface area contributed by atoms with E-state index in [4.69, 9.17) is 39.8 Å². The summed E-state index contributed by atoms with van der Waals surface area (Å²) in [5.41, 5.74) is -3.86. The molecule has 4 unspecified atom stereocenters. The van der Waals surface area contributed by atoms with Gasteiger partial charge in [0.1, 0.15) is 12.2 Å². The van der Waals surface area contributed by atoms with Crippen LogP contribution in [0.2, 0.25) is 0 Å². The second kappa shape index (κ2) is 17.6. The Kier molecular flexibility index (Phi) is 12.5. The number of thioether (sulfide) groups is 1. The van der Waals surface area contributed by atoms with Crippen LogP contribution in [0, 0.1) is 69.0 Å². The molecule has 8 aliphatic carbocycles. The molecule has 7 fully saturated rings. The molecule has 1 spiro atoms. The minimum absolute atomic E-state index is 0.00786. The molecule has 0 aromatic carbocycles. The SMILES string of the molecule is C[C@@H]1CC2C3CCC4=CC(=O)C=C[C@]4(C)[C@@]3(Cl)[C@@H](O)C[C@]2(C)[C@@]1(OC(=O)c1ccco1)C(=O)SCC#CCO.C[C@@H]1CC2C3CCC4=CC(=O)C=C[C@]4(C)[C@@]34O[C@H]4C[C@]2(C)[C@@]1(OC(=O)c1ccco1)C(=O)S. The minimum atomic E-state index is -1.57. The molecule has 9 aliphatic rings. The van der Waals surface area contributed by atoms with Crippen molar-refractivity contribution in [1.82, 2.24) is 0 Å². The van der Waals surface area contributed by atoms with Crippen LogP contribution < -0.4 is 0 Å². The number of carbonyl (C=O) groups excluding carboxylic acids is 6. The number of carbonyl (C=O) groups is 6. The third kappa shape index (κ3) is 6.80. The van der Waals surface area contributed by atoms with Crippen molar-refractivity contribution in [2.24, 2.45) is 57.2 Å². The zero-order chi connectivity index (χ0) is 51.6. The zero-order valence-corrected chi connectivity index (χ0v) is 43.7. The largest absolute Gasteiger partial charge is 0.457 e. The maximum Gasteiger partial charge on any atom is 0.375 e. The summed E-state index contributed by atoms with van der Waals surface area (Å²) in [6, 6.07) is 6.24. The number of hydrogen-bond donors (Lipinski definition) is 3. The maximum atomic E-state index is 14.1. The Morgan fingerprint density at radius 1 is 0.778 bits per heavy atom. The molecule has 3 heterocycles. The van der Waals surface area contributed by atoms with Crippen LogP contribution in [0.3, 0.4) is 0 Å². The Bertz CT molecular complexity index is 2820. The van der Waals surface area contributed by atoms with Gasteiger partial charge in [-0.25, -0.2) is 9.59 Å². The summed E-state index contributed by atoms with van der Waals surface area (Å²) in [6.45, 7) is 11.8. The van der Waals surface area contributed by atoms with Crippen LogP contribution in [0.25, 0.3) is 0 Å². The van der Waals surface area contributed by atoms with E-state index in [0.717, 1.165) is 42.2 Å². The van der Waals surface area contributed by atoms with E-state index in [1.165, 1.54) is 24.7 Å². The quantitative estimate of drug-likeness (QED) is 0.0783. The van der Waals surface area contributed by atoms with E-state index in [2.05, 4.69) is 38.3 Å². The van der Waals surface area contributed by atoms with E-state index in [0.29, 0.717) is 25.7 Å². The van der Waals surface area contributed by atoms with E-state index in [1.54, 1.807) is 36.4 Å². The van der Waals surface area contributed by atoms with Gasteiger partial charge in [0.25, 0.3) is 0 Å². The van der Waals surface area contributed by atoms with Gasteiger partial charge in [0.05, 0.1) is 35.4 Å². The van der Waals surface area contributed by atoms with E-state index in [9.17, 15) is 33.9 Å². The van der Waals surface area contributed by atoms with Gasteiger partial charge in [0.2, 0.25) is 21.8 Å². The average Bonchev–Trinajstić information content (AvgIpc) is 3.79. The first-order valence-electron chi connectivity index (χ1n) is 25.0. The van der Waals surface area contributed by atoms with Crippen LogP contribution in [-0.2, 0) is 33.4 Å². The number of fused-ring (bicyclic) bond motifs is 8. The van der Waals surface area contributed by atoms with Gasteiger partial charge in [-0.05, 0) is 131 Å². The molecular weight excluding hydrogens is 980 g/mol. The molecule has 1 saturated heterocycles. The van der Waals surface area contributed by atoms with Crippen molar-refractivity contribution in [3.8, 4) is 11.8 Å². The summed E-state index contributed by atoms with van der Waals surface area (Å²) < 4.78 is 29.4. The highest BCUT2D eigenvalue weighted by Gasteiger charge is 2.83. The second-order valence-corrected chi connectivity index (χ2v) is 24.5. The highest BCUT2D eigenvalue weighted by atomic mass is 35.5. The van der Waals surface area contributed by atoms with Crippen molar-refractivity contribution in [1.29, 1.82) is 0 Å². The lowest BCUT2D eigenvalue weighted by molar-refractivity contribution is -0.172. The number of alkyl halides is 1. The van der Waals surface area contributed by atoms with Gasteiger partial charge in [-0.15, -0.1) is 24.2 Å². The fraction of sp³-hybridized carbons (Fsp3) is 0.571. The lowest BCUT2D eigenvalue weighted by atomic mass is 9.46. The molecule has 13 nitrogen and oxygen atoms in total. The molecule has 2 aromatic heterocycles. The molecule has 6 saturated carbocycles. The Hall–Kier alpha value is -4.43. The van der Waals surface area contributed by atoms with E-state index < -0.39 is 55.5 Å². The molecule has 11 rings (SSSR count). The Morgan fingerprint density at radius 2 is 1.31 bits per heavy atom. The first-order chi connectivity index (χ1) is 34.1. The molecule has 72 heavy (non-hydrogen) atoms. The number of ketones is 2. The number of esters is 2. The third-order valence-electron chi connectivity index (χ3n) is 19.7. The topological polar surface area (TPSA) is 200 Å². The van der Waals surface area contributed by atoms with Crippen molar-refractivity contribution in [3.63, 3.8) is 0 Å². The van der Waals surface area contributed by atoms with E-state index in [-0.39, 0.29) is 99.6 Å². The van der Waals surface area contributed by atoms with Crippen molar-refractivity contribution in [2.45, 2.75) is 127 Å². The van der Waals surface area contributed by atoms with Crippen LogP contribution in [0.4, 0.5) is 0 Å². The lowest BCUT2D eigenvalue weighted by Crippen LogP contribution is -2.69. The summed E-state index contributed by atoms with van der Waals surface area (Å²) in [5.74, 6) is 3.47. The number of aliphatic hydroxyl groups is 2. The molecule has 1 aliphatic heterocycles. The predicted molar refractivity (Wildman–Crippen MR) is 268 cm³/mol. The molecule has 16 heteroatoms. The Labute approximate surface area is 433 Å². The van der Waals surface area contributed by atoms with Gasteiger partial charge in [-0.3, -0.25) is 19.2 Å². The highest BCUT2D eigenvalue weighted by molar-refractivity contribution is 8.14. The highest BCUT2D eigenvalue weighted by Crippen LogP contribution is 2.77. The zero-order valence-electron chi connectivity index (χ0n) is 41.2. The monoisotopic (exact) mass is 1040 g/mol. The summed E-state index contributed by atoms with van der Waals surface area (Å²) in [7, 11) is 0. The summed E-state index contributed by atoms with van der Waals surface area (Å²) in [5, 5.41) is 20.2. The minimum Gasteiger partial charge on any atom is -0.457 e. The number of furan rings is 2. The normalized spacial score (nSPS) is 43.5.